The van der Waals surface area contributed by atoms with Gasteiger partial charge in [0.1, 0.15) is 0 Å². The summed E-state index contributed by atoms with van der Waals surface area (Å²) >= 11 is 5.53. The summed E-state index contributed by atoms with van der Waals surface area (Å²) in [4.78, 5) is 26.9. The predicted molar refractivity (Wildman–Crippen MR) is 121 cm³/mol. The number of ether oxygens (including phenoxy) is 1. The summed E-state index contributed by atoms with van der Waals surface area (Å²) in [5.74, 6) is -0.561. The molecule has 0 aliphatic carbocycles. The molecule has 6 nitrogen and oxygen atoms in total. The van der Waals surface area contributed by atoms with Crippen LogP contribution in [0.5, 0.6) is 0 Å². The fourth-order valence-electron chi connectivity index (χ4n) is 3.57. The van der Waals surface area contributed by atoms with Crippen molar-refractivity contribution >= 4 is 34.9 Å². The summed E-state index contributed by atoms with van der Waals surface area (Å²) in [6.07, 6.45) is 0.655. The monoisotopic (exact) mass is 423 g/mol. The highest BCUT2D eigenvalue weighted by Crippen LogP contribution is 2.33. The fraction of sp³-hybridized carbons (Fsp3) is 0.261. The summed E-state index contributed by atoms with van der Waals surface area (Å²) in [7, 11) is 1.38. The summed E-state index contributed by atoms with van der Waals surface area (Å²) in [6.45, 7) is 4.64. The highest BCUT2D eigenvalue weighted by molar-refractivity contribution is 7.80. The van der Waals surface area contributed by atoms with E-state index in [0.29, 0.717) is 34.9 Å². The number of anilines is 1. The van der Waals surface area contributed by atoms with Gasteiger partial charge >= 0.3 is 5.97 Å². The van der Waals surface area contributed by atoms with E-state index in [9.17, 15) is 9.59 Å². The van der Waals surface area contributed by atoms with Crippen LogP contribution in [0.15, 0.2) is 65.9 Å². The van der Waals surface area contributed by atoms with Crippen molar-refractivity contribution in [2.24, 2.45) is 0 Å². The van der Waals surface area contributed by atoms with Gasteiger partial charge in [-0.25, -0.2) is 4.79 Å². The Morgan fingerprint density at radius 3 is 2.33 bits per heavy atom. The molecule has 0 fully saturated rings. The lowest BCUT2D eigenvalue weighted by Crippen LogP contribution is -2.48. The molecule has 3 rings (SSSR count). The molecule has 0 spiro atoms. The summed E-state index contributed by atoms with van der Waals surface area (Å²) in [5, 5.41) is 6.72. The maximum absolute atomic E-state index is 12.6. The number of allylic oxidation sites excluding steroid dienone is 1. The second kappa shape index (κ2) is 9.54. The number of esters is 1. The maximum Gasteiger partial charge on any atom is 0.337 e. The highest BCUT2D eigenvalue weighted by atomic mass is 32.1. The highest BCUT2D eigenvalue weighted by Gasteiger charge is 2.34. The van der Waals surface area contributed by atoms with Gasteiger partial charge in [-0.05, 0) is 55.4 Å². The van der Waals surface area contributed by atoms with Gasteiger partial charge in [0.15, 0.2) is 5.11 Å². The van der Waals surface area contributed by atoms with Crippen molar-refractivity contribution in [3.63, 3.8) is 0 Å². The van der Waals surface area contributed by atoms with Crippen LogP contribution in [-0.4, -0.2) is 35.5 Å². The number of methoxy groups -OCH3 is 1. The minimum atomic E-state index is -0.415. The summed E-state index contributed by atoms with van der Waals surface area (Å²) in [5.41, 5.74) is 3.53. The molecule has 2 aromatic rings. The van der Waals surface area contributed by atoms with Gasteiger partial charge in [-0.1, -0.05) is 37.3 Å². The number of benzene rings is 2. The zero-order valence-corrected chi connectivity index (χ0v) is 18.1. The van der Waals surface area contributed by atoms with E-state index in [4.69, 9.17) is 17.0 Å². The standard InChI is InChI=1S/C23H25N3O3S/c1-4-18-19(22(28)29-3)20(25-23(30)26(18)5-2)15-11-13-17(14-12-15)24-21(27)16-9-7-6-8-10-16/h6-14,20H,4-5H2,1-3H3,(H,24,27)(H,25,30). The first-order chi connectivity index (χ1) is 14.5. The van der Waals surface area contributed by atoms with Gasteiger partial charge in [-0.3, -0.25) is 4.79 Å². The van der Waals surface area contributed by atoms with E-state index in [0.717, 1.165) is 11.3 Å². The van der Waals surface area contributed by atoms with Gasteiger partial charge in [-0.15, -0.1) is 0 Å². The lowest BCUT2D eigenvalue weighted by atomic mass is 9.93. The van der Waals surface area contributed by atoms with E-state index in [1.807, 2.05) is 61.2 Å². The Labute approximate surface area is 181 Å². The van der Waals surface area contributed by atoms with Crippen molar-refractivity contribution in [1.82, 2.24) is 10.2 Å². The molecule has 156 valence electrons. The van der Waals surface area contributed by atoms with Gasteiger partial charge in [0.2, 0.25) is 0 Å². The molecule has 0 radical (unpaired) electrons. The lowest BCUT2D eigenvalue weighted by molar-refractivity contribution is -0.136. The number of nitrogens with zero attached hydrogens (tertiary/aromatic N) is 1. The zero-order chi connectivity index (χ0) is 21.7. The molecule has 1 amide bonds. The Hall–Kier alpha value is -3.19. The molecule has 2 N–H and O–H groups in total. The van der Waals surface area contributed by atoms with Crippen LogP contribution in [0.2, 0.25) is 0 Å². The Kier molecular flexibility index (Phi) is 6.84. The zero-order valence-electron chi connectivity index (χ0n) is 17.3. The molecule has 0 saturated carbocycles. The van der Waals surface area contributed by atoms with Gasteiger partial charge in [0.05, 0.1) is 18.7 Å². The van der Waals surface area contributed by atoms with Crippen molar-refractivity contribution in [3.8, 4) is 0 Å². The minimum absolute atomic E-state index is 0.178. The van der Waals surface area contributed by atoms with Crippen molar-refractivity contribution in [1.29, 1.82) is 0 Å². The van der Waals surface area contributed by atoms with Crippen LogP contribution in [-0.2, 0) is 9.53 Å². The Morgan fingerprint density at radius 2 is 1.77 bits per heavy atom. The number of carbonyl (C=O) groups is 2. The molecule has 0 aromatic heterocycles. The number of carbonyl (C=O) groups excluding carboxylic acids is 2. The Bertz CT molecular complexity index is 971. The van der Waals surface area contributed by atoms with Gasteiger partial charge < -0.3 is 20.3 Å². The minimum Gasteiger partial charge on any atom is -0.466 e. The molecule has 1 aliphatic heterocycles. The Balaban J connectivity index is 1.89. The van der Waals surface area contributed by atoms with Crippen LogP contribution in [0.25, 0.3) is 0 Å². The number of thiocarbonyl (C=S) groups is 1. The maximum atomic E-state index is 12.6. The Morgan fingerprint density at radius 1 is 1.10 bits per heavy atom. The first kappa shape index (κ1) is 21.5. The third-order valence-electron chi connectivity index (χ3n) is 5.03. The van der Waals surface area contributed by atoms with Crippen LogP contribution < -0.4 is 10.6 Å². The summed E-state index contributed by atoms with van der Waals surface area (Å²) in [6, 6.07) is 16.0. The van der Waals surface area contributed by atoms with E-state index in [1.165, 1.54) is 7.11 Å². The van der Waals surface area contributed by atoms with Crippen LogP contribution in [0.3, 0.4) is 0 Å². The van der Waals surface area contributed by atoms with Gasteiger partial charge in [0, 0.05) is 23.5 Å². The number of rotatable bonds is 6. The second-order valence-electron chi connectivity index (χ2n) is 6.77. The van der Waals surface area contributed by atoms with Crippen molar-refractivity contribution in [2.45, 2.75) is 26.3 Å². The lowest BCUT2D eigenvalue weighted by Gasteiger charge is -2.38. The quantitative estimate of drug-likeness (QED) is 0.540. The molecule has 7 heteroatoms. The topological polar surface area (TPSA) is 70.7 Å². The van der Waals surface area contributed by atoms with E-state index < -0.39 is 6.04 Å². The van der Waals surface area contributed by atoms with Crippen LogP contribution in [0, 0.1) is 0 Å². The number of amides is 1. The smallest absolute Gasteiger partial charge is 0.337 e. The second-order valence-corrected chi connectivity index (χ2v) is 7.16. The third kappa shape index (κ3) is 4.36. The largest absolute Gasteiger partial charge is 0.466 e. The molecule has 0 bridgehead atoms. The van der Waals surface area contributed by atoms with Crippen LogP contribution >= 0.6 is 12.2 Å². The molecule has 1 heterocycles. The van der Waals surface area contributed by atoms with Gasteiger partial charge in [0.25, 0.3) is 5.91 Å². The molecule has 0 saturated heterocycles. The normalized spacial score (nSPS) is 16.2. The van der Waals surface area contributed by atoms with E-state index in [-0.39, 0.29) is 11.9 Å². The van der Waals surface area contributed by atoms with Gasteiger partial charge in [-0.2, -0.15) is 0 Å². The van der Waals surface area contributed by atoms with Crippen molar-refractivity contribution < 1.29 is 14.3 Å². The third-order valence-corrected chi connectivity index (χ3v) is 5.37. The molecule has 30 heavy (non-hydrogen) atoms. The number of hydrogen-bond acceptors (Lipinski definition) is 4. The molecular weight excluding hydrogens is 398 g/mol. The molecule has 1 atom stereocenters. The number of hydrogen-bond donors (Lipinski definition) is 2. The van der Waals surface area contributed by atoms with Crippen LogP contribution in [0.4, 0.5) is 5.69 Å². The van der Waals surface area contributed by atoms with Crippen molar-refractivity contribution in [2.75, 3.05) is 19.0 Å². The first-order valence-corrected chi connectivity index (χ1v) is 10.3. The van der Waals surface area contributed by atoms with E-state index in [2.05, 4.69) is 10.6 Å². The predicted octanol–water partition coefficient (Wildman–Crippen LogP) is 4.03. The van der Waals surface area contributed by atoms with E-state index in [1.54, 1.807) is 12.1 Å². The molecule has 1 aliphatic rings. The average molecular weight is 424 g/mol. The number of nitrogens with one attached hydrogen (secondary N) is 2. The summed E-state index contributed by atoms with van der Waals surface area (Å²) < 4.78 is 5.06. The molecule has 1 unspecified atom stereocenters. The van der Waals surface area contributed by atoms with Crippen molar-refractivity contribution in [3.05, 3.63) is 77.0 Å². The van der Waals surface area contributed by atoms with Crippen LogP contribution in [0.1, 0.15) is 42.2 Å². The SMILES string of the molecule is CCC1=C(C(=O)OC)C(c2ccc(NC(=O)c3ccccc3)cc2)NC(=S)N1CC. The first-order valence-electron chi connectivity index (χ1n) is 9.85. The molecule has 2 aromatic carbocycles. The fourth-order valence-corrected chi connectivity index (χ4v) is 3.93. The average Bonchev–Trinajstić information content (AvgIpc) is 2.78. The van der Waals surface area contributed by atoms with E-state index >= 15 is 0 Å². The molecular formula is C23H25N3O3S.